The molecular weight excluding hydrogens is 454 g/mol. The summed E-state index contributed by atoms with van der Waals surface area (Å²) in [5.41, 5.74) is 3.38. The predicted molar refractivity (Wildman–Crippen MR) is 139 cm³/mol. The molecule has 0 fully saturated rings. The average Bonchev–Trinajstić information content (AvgIpc) is 3.43. The van der Waals surface area contributed by atoms with Gasteiger partial charge in [-0.2, -0.15) is 5.26 Å². The molecule has 0 unspecified atom stereocenters. The fourth-order valence-corrected chi connectivity index (χ4v) is 5.50. The molecule has 3 aromatic heterocycles. The van der Waals surface area contributed by atoms with Gasteiger partial charge in [-0.3, -0.25) is 9.36 Å². The van der Waals surface area contributed by atoms with E-state index < -0.39 is 13.6 Å². The Balaban J connectivity index is 1.48. The smallest absolute Gasteiger partial charge is 0.251 e. The van der Waals surface area contributed by atoms with Crippen LogP contribution in [0, 0.1) is 11.3 Å². The summed E-state index contributed by atoms with van der Waals surface area (Å²) in [6.07, 6.45) is 6.29. The van der Waals surface area contributed by atoms with E-state index in [2.05, 4.69) is 35.7 Å². The van der Waals surface area contributed by atoms with Gasteiger partial charge >= 0.3 is 0 Å². The summed E-state index contributed by atoms with van der Waals surface area (Å²) in [5, 5.41) is 11.1. The van der Waals surface area contributed by atoms with Gasteiger partial charge in [0.2, 0.25) is 0 Å². The second-order valence-electron chi connectivity index (χ2n) is 10.5. The van der Waals surface area contributed by atoms with Gasteiger partial charge in [0, 0.05) is 56.9 Å². The highest BCUT2D eigenvalue weighted by Crippen LogP contribution is 2.35. The maximum absolute atomic E-state index is 13.0. The molecule has 0 radical (unpaired) electrons. The van der Waals surface area contributed by atoms with E-state index in [-0.39, 0.29) is 5.56 Å². The zero-order chi connectivity index (χ0) is 24.6. The molecule has 5 rings (SSSR count). The fourth-order valence-electron chi connectivity index (χ4n) is 4.74. The van der Waals surface area contributed by atoms with Crippen LogP contribution in [0.2, 0.25) is 25.7 Å². The van der Waals surface area contributed by atoms with Gasteiger partial charge in [0.15, 0.2) is 0 Å². The molecule has 3 heterocycles. The Hall–Kier alpha value is -3.54. The number of nitrogens with zero attached hydrogens (tertiary/aromatic N) is 5. The predicted octanol–water partition coefficient (Wildman–Crippen LogP) is 4.59. The van der Waals surface area contributed by atoms with E-state index in [1.54, 1.807) is 16.8 Å². The molecule has 35 heavy (non-hydrogen) atoms. The van der Waals surface area contributed by atoms with Crippen LogP contribution in [0.4, 0.5) is 0 Å². The molecule has 1 aliphatic carbocycles. The van der Waals surface area contributed by atoms with Gasteiger partial charge in [-0.15, -0.1) is 0 Å². The lowest BCUT2D eigenvalue weighted by atomic mass is 9.96. The van der Waals surface area contributed by atoms with Gasteiger partial charge in [-0.05, 0) is 29.3 Å². The van der Waals surface area contributed by atoms with Crippen molar-refractivity contribution in [3.8, 4) is 17.3 Å². The van der Waals surface area contributed by atoms with Crippen molar-refractivity contribution in [1.29, 1.82) is 5.26 Å². The van der Waals surface area contributed by atoms with E-state index in [1.165, 1.54) is 12.4 Å². The monoisotopic (exact) mass is 483 g/mol. The molecule has 0 amide bonds. The van der Waals surface area contributed by atoms with Crippen LogP contribution in [-0.4, -0.2) is 33.8 Å². The first-order chi connectivity index (χ1) is 16.8. The Morgan fingerprint density at radius 1 is 1.09 bits per heavy atom. The SMILES string of the molecule is C[Si](C)(C)CCOCn1ccc2c(-c3ccc(=O)n(C4(C#N)Cc5ccccc5C4)c3)ncnc21. The first-order valence-corrected chi connectivity index (χ1v) is 15.6. The number of fused-ring (bicyclic) bond motifs is 2. The Labute approximate surface area is 205 Å². The second-order valence-corrected chi connectivity index (χ2v) is 16.1. The third kappa shape index (κ3) is 4.45. The van der Waals surface area contributed by atoms with Crippen LogP contribution < -0.4 is 5.56 Å². The van der Waals surface area contributed by atoms with Gasteiger partial charge in [0.05, 0.1) is 11.8 Å². The van der Waals surface area contributed by atoms with Crippen LogP contribution in [0.1, 0.15) is 11.1 Å². The molecule has 0 N–H and O–H groups in total. The van der Waals surface area contributed by atoms with Crippen molar-refractivity contribution >= 4 is 19.1 Å². The van der Waals surface area contributed by atoms with Gasteiger partial charge in [-0.25, -0.2) is 9.97 Å². The molecule has 4 aromatic rings. The summed E-state index contributed by atoms with van der Waals surface area (Å²) in [5.74, 6) is 0. The van der Waals surface area contributed by atoms with Crippen LogP contribution in [0.5, 0.6) is 0 Å². The number of hydrogen-bond acceptors (Lipinski definition) is 5. The van der Waals surface area contributed by atoms with E-state index in [0.717, 1.165) is 46.1 Å². The van der Waals surface area contributed by atoms with Gasteiger partial charge in [0.25, 0.3) is 5.56 Å². The van der Waals surface area contributed by atoms with Crippen molar-refractivity contribution in [3.63, 3.8) is 0 Å². The van der Waals surface area contributed by atoms with Gasteiger partial charge < -0.3 is 9.30 Å². The topological polar surface area (TPSA) is 85.7 Å². The van der Waals surface area contributed by atoms with Crippen LogP contribution in [-0.2, 0) is 29.8 Å². The quantitative estimate of drug-likeness (QED) is 0.283. The summed E-state index contributed by atoms with van der Waals surface area (Å²) in [6.45, 7) is 8.17. The van der Waals surface area contributed by atoms with E-state index >= 15 is 0 Å². The molecule has 0 aliphatic heterocycles. The Bertz CT molecular complexity index is 1470. The molecular formula is C27H29N5O2Si. The van der Waals surface area contributed by atoms with Crippen LogP contribution in [0.15, 0.2) is 66.0 Å². The van der Waals surface area contributed by atoms with Crippen molar-refractivity contribution in [2.24, 2.45) is 0 Å². The zero-order valence-corrected chi connectivity index (χ0v) is 21.4. The molecule has 0 atom stereocenters. The number of ether oxygens (including phenoxy) is 1. The van der Waals surface area contributed by atoms with Crippen molar-refractivity contribution in [3.05, 3.63) is 82.7 Å². The Morgan fingerprint density at radius 3 is 2.51 bits per heavy atom. The van der Waals surface area contributed by atoms with Gasteiger partial charge in [0.1, 0.15) is 24.2 Å². The van der Waals surface area contributed by atoms with E-state index in [0.29, 0.717) is 19.6 Å². The number of pyridine rings is 1. The lowest BCUT2D eigenvalue weighted by Gasteiger charge is -2.24. The number of aromatic nitrogens is 4. The highest BCUT2D eigenvalue weighted by molar-refractivity contribution is 6.76. The lowest BCUT2D eigenvalue weighted by molar-refractivity contribution is 0.0899. The minimum atomic E-state index is -1.15. The van der Waals surface area contributed by atoms with Crippen molar-refractivity contribution < 1.29 is 4.74 Å². The minimum Gasteiger partial charge on any atom is -0.361 e. The summed E-state index contributed by atoms with van der Waals surface area (Å²) in [4.78, 5) is 22.0. The average molecular weight is 484 g/mol. The van der Waals surface area contributed by atoms with Crippen LogP contribution in [0.25, 0.3) is 22.3 Å². The minimum absolute atomic E-state index is 0.193. The number of nitriles is 1. The number of benzene rings is 1. The maximum atomic E-state index is 13.0. The molecule has 178 valence electrons. The number of rotatable bonds is 7. The van der Waals surface area contributed by atoms with Crippen LogP contribution in [0.3, 0.4) is 0 Å². The van der Waals surface area contributed by atoms with E-state index in [1.807, 2.05) is 41.1 Å². The molecule has 0 bridgehead atoms. The third-order valence-electron chi connectivity index (χ3n) is 6.72. The van der Waals surface area contributed by atoms with E-state index in [4.69, 9.17) is 4.74 Å². The van der Waals surface area contributed by atoms with Gasteiger partial charge in [-0.1, -0.05) is 43.9 Å². The molecule has 1 aromatic carbocycles. The first-order valence-electron chi connectivity index (χ1n) is 11.9. The third-order valence-corrected chi connectivity index (χ3v) is 8.42. The van der Waals surface area contributed by atoms with Crippen molar-refractivity contribution in [1.82, 2.24) is 19.1 Å². The van der Waals surface area contributed by atoms with E-state index in [9.17, 15) is 10.1 Å². The summed E-state index contributed by atoms with van der Waals surface area (Å²) in [7, 11) is -1.15. The molecule has 1 aliphatic rings. The largest absolute Gasteiger partial charge is 0.361 e. The van der Waals surface area contributed by atoms with Crippen LogP contribution >= 0.6 is 0 Å². The highest BCUT2D eigenvalue weighted by atomic mass is 28.3. The fraction of sp³-hybridized carbons (Fsp3) is 0.333. The molecule has 7 nitrogen and oxygen atoms in total. The highest BCUT2D eigenvalue weighted by Gasteiger charge is 2.40. The Morgan fingerprint density at radius 2 is 1.83 bits per heavy atom. The summed E-state index contributed by atoms with van der Waals surface area (Å²) in [6, 6.07) is 16.9. The first kappa shape index (κ1) is 23.2. The second kappa shape index (κ2) is 8.91. The number of hydrogen-bond donors (Lipinski definition) is 0. The molecule has 0 saturated heterocycles. The van der Waals surface area contributed by atoms with Crippen molar-refractivity contribution in [2.45, 2.75) is 50.8 Å². The maximum Gasteiger partial charge on any atom is 0.251 e. The zero-order valence-electron chi connectivity index (χ0n) is 20.4. The summed E-state index contributed by atoms with van der Waals surface area (Å²) < 4.78 is 9.49. The molecule has 8 heteroatoms. The van der Waals surface area contributed by atoms with Crippen molar-refractivity contribution in [2.75, 3.05) is 6.61 Å². The normalized spacial score (nSPS) is 14.7. The standard InChI is InChI=1S/C27H29N5O2Si/c1-35(2,3)13-12-34-19-31-11-10-23-25(29-18-30-26(23)31)22-8-9-24(33)32(16-22)27(17-28)14-20-6-4-5-7-21(20)15-27/h4-11,16,18H,12-15,19H2,1-3H3. The Kier molecular flexibility index (Phi) is 5.91. The summed E-state index contributed by atoms with van der Waals surface area (Å²) >= 11 is 0. The molecule has 0 spiro atoms. The lowest BCUT2D eigenvalue weighted by Crippen LogP contribution is -2.40. The molecule has 0 saturated carbocycles.